The number of Topliss-reactive ketones (excluding diaryl/α,β-unsaturated/α-hetero) is 1. The highest BCUT2D eigenvalue weighted by molar-refractivity contribution is 9.09. The number of aromatic nitrogens is 2. The number of ether oxygens (including phenoxy) is 1. The number of hydrogen-bond acceptors (Lipinski definition) is 4. The molecule has 0 bridgehead atoms. The molecule has 0 amide bonds. The molecule has 1 fully saturated rings. The Labute approximate surface area is 184 Å². The smallest absolute Gasteiger partial charge is 0.173 e. The van der Waals surface area contributed by atoms with Gasteiger partial charge in [0.05, 0.1) is 17.2 Å². The highest BCUT2D eigenvalue weighted by Crippen LogP contribution is 2.49. The third kappa shape index (κ3) is 3.19. The van der Waals surface area contributed by atoms with E-state index in [1.165, 1.54) is 6.42 Å². The summed E-state index contributed by atoms with van der Waals surface area (Å²) in [5.74, 6) is 2.50. The Hall–Kier alpha value is -2.44. The molecule has 2 aliphatic heterocycles. The molecule has 30 heavy (non-hydrogen) atoms. The van der Waals surface area contributed by atoms with Crippen LogP contribution in [0.25, 0.3) is 11.4 Å². The molecule has 2 N–H and O–H groups in total. The standard InChI is InChI=1S/C24H24BrN3O2/c1-24(2)16-7-5-14(20(29)12-25)11-22(16)30-21-8-6-15(10-17(21)24)23-27-13-19(28-23)18-4-3-9-26-18/h5-8,10-11,13,18,26H,3-4,9,12H2,1-2H3,(H,27,28). The number of alkyl halides is 1. The lowest BCUT2D eigenvalue weighted by Gasteiger charge is -2.35. The number of fused-ring (bicyclic) bond motifs is 2. The fourth-order valence-corrected chi connectivity index (χ4v) is 4.82. The van der Waals surface area contributed by atoms with E-state index in [4.69, 9.17) is 4.74 Å². The summed E-state index contributed by atoms with van der Waals surface area (Å²) >= 11 is 3.25. The second kappa shape index (κ2) is 7.36. The first-order valence-electron chi connectivity index (χ1n) is 10.3. The number of imidazole rings is 1. The molecular weight excluding hydrogens is 442 g/mol. The van der Waals surface area contributed by atoms with Crippen LogP contribution in [0.3, 0.4) is 0 Å². The first kappa shape index (κ1) is 19.5. The Bertz CT molecular complexity index is 1130. The van der Waals surface area contributed by atoms with E-state index in [0.29, 0.717) is 16.9 Å². The van der Waals surface area contributed by atoms with Gasteiger partial charge in [0.2, 0.25) is 0 Å². The van der Waals surface area contributed by atoms with Gasteiger partial charge < -0.3 is 15.0 Å². The van der Waals surface area contributed by atoms with Crippen molar-refractivity contribution in [3.63, 3.8) is 0 Å². The van der Waals surface area contributed by atoms with Gasteiger partial charge in [0.25, 0.3) is 0 Å². The normalized spacial score (nSPS) is 19.1. The summed E-state index contributed by atoms with van der Waals surface area (Å²) in [6.07, 6.45) is 4.28. The second-order valence-corrected chi connectivity index (χ2v) is 9.10. The quantitative estimate of drug-likeness (QED) is 0.393. The zero-order valence-electron chi connectivity index (χ0n) is 17.1. The lowest BCUT2D eigenvalue weighted by molar-refractivity contribution is 0.102. The predicted octanol–water partition coefficient (Wildman–Crippen LogP) is 5.51. The van der Waals surface area contributed by atoms with E-state index in [9.17, 15) is 4.79 Å². The molecule has 3 aromatic rings. The van der Waals surface area contributed by atoms with Crippen LogP contribution < -0.4 is 10.1 Å². The molecule has 154 valence electrons. The van der Waals surface area contributed by atoms with Crippen molar-refractivity contribution >= 4 is 21.7 Å². The molecule has 0 radical (unpaired) electrons. The van der Waals surface area contributed by atoms with Gasteiger partial charge >= 0.3 is 0 Å². The summed E-state index contributed by atoms with van der Waals surface area (Å²) in [5, 5.41) is 3.81. The number of halogens is 1. The number of aromatic amines is 1. The SMILES string of the molecule is CC1(C)c2ccc(C(=O)CBr)cc2Oc2ccc(-c3ncc(C4CCCN4)[nH]3)cc21. The molecule has 1 unspecified atom stereocenters. The highest BCUT2D eigenvalue weighted by atomic mass is 79.9. The van der Waals surface area contributed by atoms with Crippen LogP contribution in [-0.2, 0) is 5.41 Å². The largest absolute Gasteiger partial charge is 0.457 e. The fourth-order valence-electron chi connectivity index (χ4n) is 4.50. The Morgan fingerprint density at radius 1 is 1.20 bits per heavy atom. The molecule has 5 nitrogen and oxygen atoms in total. The van der Waals surface area contributed by atoms with Crippen molar-refractivity contribution in [2.24, 2.45) is 0 Å². The maximum atomic E-state index is 12.1. The monoisotopic (exact) mass is 465 g/mol. The number of ketones is 1. The zero-order chi connectivity index (χ0) is 20.9. The van der Waals surface area contributed by atoms with Crippen LogP contribution in [0.4, 0.5) is 0 Å². The van der Waals surface area contributed by atoms with Crippen molar-refractivity contribution in [3.8, 4) is 22.9 Å². The van der Waals surface area contributed by atoms with Gasteiger partial charge in [-0.05, 0) is 43.7 Å². The van der Waals surface area contributed by atoms with Crippen molar-refractivity contribution in [3.05, 3.63) is 65.0 Å². The fraction of sp³-hybridized carbons (Fsp3) is 0.333. The van der Waals surface area contributed by atoms with Crippen molar-refractivity contribution in [2.75, 3.05) is 11.9 Å². The summed E-state index contributed by atoms with van der Waals surface area (Å²) in [7, 11) is 0. The van der Waals surface area contributed by atoms with Crippen LogP contribution >= 0.6 is 15.9 Å². The minimum atomic E-state index is -0.253. The first-order valence-corrected chi connectivity index (χ1v) is 11.4. The van der Waals surface area contributed by atoms with Crippen LogP contribution in [0, 0.1) is 0 Å². The van der Waals surface area contributed by atoms with Crippen molar-refractivity contribution in [2.45, 2.75) is 38.1 Å². The maximum absolute atomic E-state index is 12.1. The maximum Gasteiger partial charge on any atom is 0.173 e. The molecule has 3 heterocycles. The number of hydrogen-bond donors (Lipinski definition) is 2. The first-order chi connectivity index (χ1) is 14.5. The van der Waals surface area contributed by atoms with Gasteiger partial charge in [-0.2, -0.15) is 0 Å². The van der Waals surface area contributed by atoms with Gasteiger partial charge in [-0.1, -0.05) is 41.9 Å². The number of carbonyl (C=O) groups is 1. The average molecular weight is 466 g/mol. The predicted molar refractivity (Wildman–Crippen MR) is 121 cm³/mol. The third-order valence-electron chi connectivity index (χ3n) is 6.28. The molecule has 2 aromatic carbocycles. The topological polar surface area (TPSA) is 67.0 Å². The van der Waals surface area contributed by atoms with Gasteiger partial charge in [0, 0.05) is 33.7 Å². The van der Waals surface area contributed by atoms with Crippen LogP contribution in [0.5, 0.6) is 11.5 Å². The minimum absolute atomic E-state index is 0.0470. The molecule has 0 aliphatic carbocycles. The van der Waals surface area contributed by atoms with Crippen molar-refractivity contribution in [1.29, 1.82) is 0 Å². The average Bonchev–Trinajstić information content (AvgIpc) is 3.44. The summed E-state index contributed by atoms with van der Waals surface area (Å²) in [4.78, 5) is 20.2. The summed E-state index contributed by atoms with van der Waals surface area (Å²) in [6, 6.07) is 12.3. The summed E-state index contributed by atoms with van der Waals surface area (Å²) < 4.78 is 6.22. The molecule has 5 rings (SSSR count). The number of H-pyrrole nitrogens is 1. The van der Waals surface area contributed by atoms with Crippen LogP contribution in [-0.4, -0.2) is 27.6 Å². The number of nitrogens with one attached hydrogen (secondary N) is 2. The van der Waals surface area contributed by atoms with Gasteiger partial charge in [0.15, 0.2) is 5.78 Å². The van der Waals surface area contributed by atoms with Gasteiger partial charge in [-0.15, -0.1) is 0 Å². The van der Waals surface area contributed by atoms with E-state index in [-0.39, 0.29) is 11.2 Å². The second-order valence-electron chi connectivity index (χ2n) is 8.54. The molecular formula is C24H24BrN3O2. The number of benzene rings is 2. The molecule has 2 aliphatic rings. The lowest BCUT2D eigenvalue weighted by atomic mass is 9.75. The molecule has 0 saturated carbocycles. The molecule has 1 atom stereocenters. The van der Waals surface area contributed by atoms with Crippen LogP contribution in [0.1, 0.15) is 59.9 Å². The third-order valence-corrected chi connectivity index (χ3v) is 6.79. The van der Waals surface area contributed by atoms with E-state index in [0.717, 1.165) is 52.7 Å². The highest BCUT2D eigenvalue weighted by Gasteiger charge is 2.35. The number of nitrogens with zero attached hydrogens (tertiary/aromatic N) is 1. The van der Waals surface area contributed by atoms with Crippen molar-refractivity contribution in [1.82, 2.24) is 15.3 Å². The minimum Gasteiger partial charge on any atom is -0.457 e. The van der Waals surface area contributed by atoms with Crippen LogP contribution in [0.15, 0.2) is 42.6 Å². The van der Waals surface area contributed by atoms with E-state index >= 15 is 0 Å². The molecule has 1 saturated heterocycles. The van der Waals surface area contributed by atoms with Crippen LogP contribution in [0.2, 0.25) is 0 Å². The van der Waals surface area contributed by atoms with Gasteiger partial charge in [-0.25, -0.2) is 4.98 Å². The van der Waals surface area contributed by atoms with E-state index in [1.807, 2.05) is 36.5 Å². The molecule has 0 spiro atoms. The van der Waals surface area contributed by atoms with Crippen molar-refractivity contribution < 1.29 is 9.53 Å². The number of rotatable bonds is 4. The lowest BCUT2D eigenvalue weighted by Crippen LogP contribution is -2.24. The van der Waals surface area contributed by atoms with Gasteiger partial charge in [0.1, 0.15) is 17.3 Å². The van der Waals surface area contributed by atoms with E-state index < -0.39 is 0 Å². The Kier molecular flexibility index (Phi) is 4.79. The van der Waals surface area contributed by atoms with E-state index in [1.54, 1.807) is 0 Å². The molecule has 1 aromatic heterocycles. The molecule has 6 heteroatoms. The van der Waals surface area contributed by atoms with E-state index in [2.05, 4.69) is 51.1 Å². The van der Waals surface area contributed by atoms with Gasteiger partial charge in [-0.3, -0.25) is 4.79 Å². The summed E-state index contributed by atoms with van der Waals surface area (Å²) in [6.45, 7) is 5.45. The summed E-state index contributed by atoms with van der Waals surface area (Å²) in [5.41, 5.74) is 4.79. The zero-order valence-corrected chi connectivity index (χ0v) is 18.7. The Balaban J connectivity index is 1.51. The Morgan fingerprint density at radius 2 is 2.07 bits per heavy atom. The number of carbonyl (C=O) groups excluding carboxylic acids is 1. The Morgan fingerprint density at radius 3 is 2.83 bits per heavy atom.